The molecule has 0 fully saturated rings. The highest BCUT2D eigenvalue weighted by Gasteiger charge is 2.40. The van der Waals surface area contributed by atoms with Crippen molar-refractivity contribution in [1.82, 2.24) is 14.3 Å². The van der Waals surface area contributed by atoms with Gasteiger partial charge in [-0.25, -0.2) is 8.42 Å². The summed E-state index contributed by atoms with van der Waals surface area (Å²) in [5.74, 6) is -4.24. The van der Waals surface area contributed by atoms with Gasteiger partial charge in [-0.15, -0.1) is 0 Å². The summed E-state index contributed by atoms with van der Waals surface area (Å²) in [4.78, 5) is 15.3. The molecule has 2 aromatic heterocycles. The number of hydrogen-bond donors (Lipinski definition) is 2. The van der Waals surface area contributed by atoms with Gasteiger partial charge in [-0.3, -0.25) is 9.78 Å². The summed E-state index contributed by atoms with van der Waals surface area (Å²) in [5, 5.41) is 1.64. The van der Waals surface area contributed by atoms with Crippen LogP contribution >= 0.6 is 11.6 Å². The topological polar surface area (TPSA) is 93.1 Å². The molecular formula is C16H16ClF5N4O3S. The summed E-state index contributed by atoms with van der Waals surface area (Å²) >= 11 is 5.96. The molecule has 0 saturated carbocycles. The van der Waals surface area contributed by atoms with Crippen molar-refractivity contribution in [3.63, 3.8) is 0 Å². The first-order valence-electron chi connectivity index (χ1n) is 8.13. The van der Waals surface area contributed by atoms with E-state index < -0.39 is 55.4 Å². The number of aromatic nitrogens is 2. The van der Waals surface area contributed by atoms with Gasteiger partial charge in [0.25, 0.3) is 11.8 Å². The van der Waals surface area contributed by atoms with Gasteiger partial charge in [0.15, 0.2) is 0 Å². The molecule has 1 unspecified atom stereocenters. The Morgan fingerprint density at radius 3 is 2.40 bits per heavy atom. The smallest absolute Gasteiger partial charge is 0.344 e. The summed E-state index contributed by atoms with van der Waals surface area (Å²) in [6.45, 7) is 1.22. The molecule has 0 radical (unpaired) electrons. The molecule has 0 spiro atoms. The van der Waals surface area contributed by atoms with E-state index in [9.17, 15) is 35.2 Å². The van der Waals surface area contributed by atoms with Crippen molar-refractivity contribution in [2.75, 3.05) is 5.32 Å². The molecule has 2 heterocycles. The lowest BCUT2D eigenvalue weighted by Crippen LogP contribution is -2.42. The van der Waals surface area contributed by atoms with Gasteiger partial charge in [0.05, 0.1) is 5.02 Å². The number of nitrogens with zero attached hydrogens (tertiary/aromatic N) is 2. The molecule has 1 amide bonds. The van der Waals surface area contributed by atoms with E-state index in [2.05, 4.69) is 10.3 Å². The minimum absolute atomic E-state index is 0.0722. The van der Waals surface area contributed by atoms with Crippen LogP contribution in [-0.4, -0.2) is 36.1 Å². The van der Waals surface area contributed by atoms with Crippen LogP contribution in [0.15, 0.2) is 29.4 Å². The maximum Gasteiger partial charge on any atom is 0.404 e. The Balaban J connectivity index is 2.35. The third kappa shape index (κ3) is 5.26. The van der Waals surface area contributed by atoms with Gasteiger partial charge in [0.1, 0.15) is 22.3 Å². The van der Waals surface area contributed by atoms with E-state index >= 15 is 0 Å². The van der Waals surface area contributed by atoms with E-state index in [1.54, 1.807) is 0 Å². The SMILES string of the molecule is CC(NS(=O)(=O)c1cn(C)c(C(=O)Nc2ccnc(C(C)(F)F)c2)c1Cl)C(F)(F)F. The molecule has 7 nitrogen and oxygen atoms in total. The van der Waals surface area contributed by atoms with Crippen molar-refractivity contribution >= 4 is 33.2 Å². The predicted molar refractivity (Wildman–Crippen MR) is 98.0 cm³/mol. The first-order chi connectivity index (χ1) is 13.5. The van der Waals surface area contributed by atoms with Gasteiger partial charge in [-0.1, -0.05) is 11.6 Å². The van der Waals surface area contributed by atoms with Crippen LogP contribution in [0.1, 0.15) is 30.0 Å². The molecule has 30 heavy (non-hydrogen) atoms. The highest BCUT2D eigenvalue weighted by molar-refractivity contribution is 7.89. The Bertz CT molecular complexity index is 1060. The van der Waals surface area contributed by atoms with E-state index in [1.807, 2.05) is 0 Å². The Morgan fingerprint density at radius 1 is 1.27 bits per heavy atom. The second kappa shape index (κ2) is 8.12. The molecule has 0 aliphatic rings. The number of rotatable bonds is 6. The van der Waals surface area contributed by atoms with E-state index in [0.29, 0.717) is 13.8 Å². The average molecular weight is 475 g/mol. The molecule has 0 aliphatic heterocycles. The van der Waals surface area contributed by atoms with Crippen molar-refractivity contribution < 1.29 is 35.2 Å². The largest absolute Gasteiger partial charge is 0.404 e. The number of sulfonamides is 1. The van der Waals surface area contributed by atoms with Crippen LogP contribution in [0.5, 0.6) is 0 Å². The fourth-order valence-electron chi connectivity index (χ4n) is 2.32. The fraction of sp³-hybridized carbons (Fsp3) is 0.375. The molecule has 0 aromatic carbocycles. The minimum Gasteiger partial charge on any atom is -0.344 e. The third-order valence-electron chi connectivity index (χ3n) is 3.88. The Morgan fingerprint density at radius 2 is 1.87 bits per heavy atom. The third-order valence-corrected chi connectivity index (χ3v) is 5.93. The number of carbonyl (C=O) groups excluding carboxylic acids is 1. The number of alkyl halides is 5. The Hall–Kier alpha value is -2.25. The van der Waals surface area contributed by atoms with Gasteiger partial charge in [-0.2, -0.15) is 26.7 Å². The van der Waals surface area contributed by atoms with Crippen LogP contribution in [-0.2, 0) is 23.0 Å². The molecule has 1 atom stereocenters. The molecular weight excluding hydrogens is 459 g/mol. The van der Waals surface area contributed by atoms with Gasteiger partial charge >= 0.3 is 6.18 Å². The number of hydrogen-bond acceptors (Lipinski definition) is 4. The number of anilines is 1. The molecule has 2 aromatic rings. The average Bonchev–Trinajstić information content (AvgIpc) is 2.88. The van der Waals surface area contributed by atoms with Crippen molar-refractivity contribution in [1.29, 1.82) is 0 Å². The van der Waals surface area contributed by atoms with Gasteiger partial charge in [0, 0.05) is 32.1 Å². The molecule has 14 heteroatoms. The monoisotopic (exact) mass is 474 g/mol. The number of nitrogens with one attached hydrogen (secondary N) is 2. The van der Waals surface area contributed by atoms with Gasteiger partial charge in [-0.05, 0) is 19.1 Å². The first-order valence-corrected chi connectivity index (χ1v) is 9.99. The molecule has 0 bridgehead atoms. The van der Waals surface area contributed by atoms with Crippen LogP contribution in [0.25, 0.3) is 0 Å². The lowest BCUT2D eigenvalue weighted by Gasteiger charge is -2.16. The Labute approximate surface area is 173 Å². The predicted octanol–water partition coefficient (Wildman–Crippen LogP) is 3.67. The van der Waals surface area contributed by atoms with Crippen molar-refractivity contribution in [3.05, 3.63) is 40.9 Å². The summed E-state index contributed by atoms with van der Waals surface area (Å²) in [5.41, 5.74) is -1.10. The van der Waals surface area contributed by atoms with Crippen molar-refractivity contribution in [3.8, 4) is 0 Å². The lowest BCUT2D eigenvalue weighted by atomic mass is 10.2. The number of amides is 1. The van der Waals surface area contributed by atoms with E-state index in [1.165, 1.54) is 17.8 Å². The zero-order valence-electron chi connectivity index (χ0n) is 15.7. The molecule has 166 valence electrons. The van der Waals surface area contributed by atoms with Crippen LogP contribution in [0.3, 0.4) is 0 Å². The zero-order chi connectivity index (χ0) is 23.1. The number of carbonyl (C=O) groups is 1. The van der Waals surface area contributed by atoms with Crippen LogP contribution in [0, 0.1) is 0 Å². The maximum absolute atomic E-state index is 13.4. The van der Waals surface area contributed by atoms with E-state index in [-0.39, 0.29) is 5.69 Å². The number of aryl methyl sites for hydroxylation is 1. The van der Waals surface area contributed by atoms with Crippen LogP contribution in [0.2, 0.25) is 5.02 Å². The summed E-state index contributed by atoms with van der Waals surface area (Å²) in [7, 11) is -3.48. The van der Waals surface area contributed by atoms with Crippen LogP contribution in [0.4, 0.5) is 27.6 Å². The van der Waals surface area contributed by atoms with Crippen molar-refractivity contribution in [2.45, 2.75) is 36.9 Å². The summed E-state index contributed by atoms with van der Waals surface area (Å²) < 4.78 is 91.8. The standard InChI is InChI=1S/C16H16ClF5N4O3S/c1-8(16(20,21)22)25-30(28,29)10-7-26(3)13(12(10)17)14(27)24-9-4-5-23-11(6-9)15(2,18)19/h4-8,25H,1-3H3,(H,23,24,27). The first kappa shape index (κ1) is 24.0. The molecule has 2 N–H and O–H groups in total. The minimum atomic E-state index is -4.84. The number of pyridine rings is 1. The van der Waals surface area contributed by atoms with E-state index in [4.69, 9.17) is 11.6 Å². The zero-order valence-corrected chi connectivity index (χ0v) is 17.3. The second-order valence-corrected chi connectivity index (χ2v) is 8.48. The van der Waals surface area contributed by atoms with Gasteiger partial charge < -0.3 is 9.88 Å². The lowest BCUT2D eigenvalue weighted by molar-refractivity contribution is -0.147. The molecule has 2 rings (SSSR count). The number of halogens is 6. The highest BCUT2D eigenvalue weighted by atomic mass is 35.5. The van der Waals surface area contributed by atoms with Gasteiger partial charge in [0.2, 0.25) is 10.0 Å². The summed E-state index contributed by atoms with van der Waals surface area (Å²) in [6.07, 6.45) is -2.94. The quantitative estimate of drug-likeness (QED) is 0.625. The van der Waals surface area contributed by atoms with E-state index in [0.717, 1.165) is 23.0 Å². The highest BCUT2D eigenvalue weighted by Crippen LogP contribution is 2.30. The molecule has 0 saturated heterocycles. The van der Waals surface area contributed by atoms with Crippen LogP contribution < -0.4 is 10.0 Å². The second-order valence-electron chi connectivity index (χ2n) is 6.42. The maximum atomic E-state index is 13.4. The summed E-state index contributed by atoms with van der Waals surface area (Å²) in [6, 6.07) is -0.269. The molecule has 0 aliphatic carbocycles. The Kier molecular flexibility index (Phi) is 6.50. The van der Waals surface area contributed by atoms with Crippen molar-refractivity contribution in [2.24, 2.45) is 7.05 Å². The normalized spacial score (nSPS) is 13.9. The fourth-order valence-corrected chi connectivity index (χ4v) is 4.25.